The van der Waals surface area contributed by atoms with Crippen LogP contribution in [0, 0.1) is 23.2 Å². The van der Waals surface area contributed by atoms with Crippen molar-refractivity contribution >= 4 is 5.91 Å². The third-order valence-corrected chi connectivity index (χ3v) is 5.75. The number of amides is 1. The largest absolute Gasteiger partial charge is 0.319 e. The number of hydrogen-bond donors (Lipinski definition) is 1. The van der Waals surface area contributed by atoms with Gasteiger partial charge in [0, 0.05) is 32.1 Å². The van der Waals surface area contributed by atoms with Crippen LogP contribution in [0.2, 0.25) is 0 Å². The molecule has 0 radical (unpaired) electrons. The number of benzene rings is 1. The van der Waals surface area contributed by atoms with E-state index in [1.807, 2.05) is 24.3 Å². The monoisotopic (exact) mass is 360 g/mol. The predicted octanol–water partition coefficient (Wildman–Crippen LogP) is 1.47. The van der Waals surface area contributed by atoms with Gasteiger partial charge in [-0.1, -0.05) is 30.3 Å². The van der Waals surface area contributed by atoms with Gasteiger partial charge in [0.25, 0.3) is 5.92 Å². The maximum absolute atomic E-state index is 13.4. The van der Waals surface area contributed by atoms with E-state index in [0.29, 0.717) is 11.8 Å². The highest BCUT2D eigenvalue weighted by atomic mass is 19.3. The summed E-state index contributed by atoms with van der Waals surface area (Å²) in [7, 11) is 0. The molecule has 2 unspecified atom stereocenters. The number of hydrogen-bond acceptors (Lipinski definition) is 4. The molecule has 3 atom stereocenters. The Hall–Kier alpha value is -2.04. The Morgan fingerprint density at radius 1 is 1.27 bits per heavy atom. The molecule has 7 heteroatoms. The van der Waals surface area contributed by atoms with Crippen LogP contribution < -0.4 is 5.32 Å². The number of nitrogens with zero attached hydrogens (tertiary/aromatic N) is 3. The third-order valence-electron chi connectivity index (χ3n) is 5.75. The molecule has 2 aliphatic heterocycles. The second-order valence-corrected chi connectivity index (χ2v) is 7.64. The Bertz CT molecular complexity index is 708. The molecular formula is C19H22F2N4O. The van der Waals surface area contributed by atoms with Crippen LogP contribution in [0.3, 0.4) is 0 Å². The van der Waals surface area contributed by atoms with Crippen molar-refractivity contribution in [3.63, 3.8) is 0 Å². The predicted molar refractivity (Wildman–Crippen MR) is 91.2 cm³/mol. The maximum atomic E-state index is 13.4. The quantitative estimate of drug-likeness (QED) is 0.864. The van der Waals surface area contributed by atoms with Crippen LogP contribution in [-0.2, 0) is 11.3 Å². The zero-order valence-corrected chi connectivity index (χ0v) is 14.4. The summed E-state index contributed by atoms with van der Waals surface area (Å²) >= 11 is 0. The number of carbonyl (C=O) groups is 1. The number of carbonyl (C=O) groups excluding carboxylic acids is 1. The summed E-state index contributed by atoms with van der Waals surface area (Å²) in [5.74, 6) is -2.30. The molecule has 1 aromatic carbocycles. The summed E-state index contributed by atoms with van der Waals surface area (Å²) in [5.41, 5.74) is 1.30. The lowest BCUT2D eigenvalue weighted by Crippen LogP contribution is -2.43. The lowest BCUT2D eigenvalue weighted by Gasteiger charge is -2.21. The van der Waals surface area contributed by atoms with Gasteiger partial charge in [0.2, 0.25) is 5.91 Å². The average molecular weight is 360 g/mol. The van der Waals surface area contributed by atoms with Crippen LogP contribution in [-0.4, -0.2) is 59.9 Å². The van der Waals surface area contributed by atoms with Gasteiger partial charge in [-0.3, -0.25) is 9.69 Å². The highest BCUT2D eigenvalue weighted by molar-refractivity contribution is 5.79. The van der Waals surface area contributed by atoms with Crippen molar-refractivity contribution in [1.82, 2.24) is 15.1 Å². The first-order chi connectivity index (χ1) is 12.5. The van der Waals surface area contributed by atoms with Gasteiger partial charge in [-0.05, 0) is 17.4 Å². The zero-order chi connectivity index (χ0) is 18.3. The van der Waals surface area contributed by atoms with Crippen molar-refractivity contribution in [2.24, 2.45) is 11.8 Å². The molecule has 3 aliphatic rings. The Labute approximate surface area is 151 Å². The van der Waals surface area contributed by atoms with E-state index >= 15 is 0 Å². The second-order valence-electron chi connectivity index (χ2n) is 7.64. The average Bonchev–Trinajstić information content (AvgIpc) is 2.93. The van der Waals surface area contributed by atoms with E-state index in [2.05, 4.69) is 22.3 Å². The van der Waals surface area contributed by atoms with E-state index in [4.69, 9.17) is 5.26 Å². The summed E-state index contributed by atoms with van der Waals surface area (Å²) in [4.78, 5) is 15.7. The van der Waals surface area contributed by atoms with E-state index in [9.17, 15) is 13.6 Å². The molecule has 2 saturated heterocycles. The number of fused-ring (bicyclic) bond motifs is 1. The maximum Gasteiger partial charge on any atom is 0.268 e. The molecule has 4 rings (SSSR count). The zero-order valence-electron chi connectivity index (χ0n) is 14.4. The number of piperidine rings is 1. The molecule has 1 amide bonds. The van der Waals surface area contributed by atoms with Gasteiger partial charge >= 0.3 is 0 Å². The molecule has 5 nitrogen and oxygen atoms in total. The molecule has 1 N–H and O–H groups in total. The van der Waals surface area contributed by atoms with E-state index < -0.39 is 30.8 Å². The Balaban J connectivity index is 1.22. The number of likely N-dealkylation sites (tertiary alicyclic amines) is 2. The van der Waals surface area contributed by atoms with Crippen LogP contribution in [0.25, 0.3) is 0 Å². The van der Waals surface area contributed by atoms with Crippen LogP contribution >= 0.6 is 0 Å². The van der Waals surface area contributed by atoms with Gasteiger partial charge in [0.15, 0.2) is 0 Å². The van der Waals surface area contributed by atoms with Gasteiger partial charge in [-0.15, -0.1) is 0 Å². The van der Waals surface area contributed by atoms with E-state index in [0.717, 1.165) is 24.5 Å². The number of nitriles is 1. The first-order valence-electron chi connectivity index (χ1n) is 9.03. The number of alkyl halides is 2. The van der Waals surface area contributed by atoms with Crippen molar-refractivity contribution in [2.75, 3.05) is 26.2 Å². The number of halogens is 2. The molecule has 1 aliphatic carbocycles. The fourth-order valence-electron chi connectivity index (χ4n) is 4.39. The van der Waals surface area contributed by atoms with Gasteiger partial charge in [0.1, 0.15) is 6.04 Å². The molecule has 0 bridgehead atoms. The minimum absolute atomic E-state index is 0.0324. The SMILES string of the molecule is N#C[C@@H]1CC(F)(F)CN1C(=O)CNC1C2CN(Cc3ccccc3)CC21. The highest BCUT2D eigenvalue weighted by Gasteiger charge is 2.55. The molecule has 138 valence electrons. The van der Waals surface area contributed by atoms with E-state index in [-0.39, 0.29) is 12.6 Å². The molecule has 0 aromatic heterocycles. The van der Waals surface area contributed by atoms with Crippen LogP contribution in [0.5, 0.6) is 0 Å². The van der Waals surface area contributed by atoms with Gasteiger partial charge in [0.05, 0.1) is 19.2 Å². The molecule has 26 heavy (non-hydrogen) atoms. The van der Waals surface area contributed by atoms with Crippen LogP contribution in [0.15, 0.2) is 30.3 Å². The van der Waals surface area contributed by atoms with Crippen molar-refractivity contribution in [3.8, 4) is 6.07 Å². The summed E-state index contributed by atoms with van der Waals surface area (Å²) in [5, 5.41) is 12.2. The first-order valence-corrected chi connectivity index (χ1v) is 9.03. The van der Waals surface area contributed by atoms with Crippen LogP contribution in [0.4, 0.5) is 8.78 Å². The summed E-state index contributed by atoms with van der Waals surface area (Å²) in [6.45, 7) is 2.31. The lowest BCUT2D eigenvalue weighted by atomic mass is 10.2. The minimum Gasteiger partial charge on any atom is -0.319 e. The lowest BCUT2D eigenvalue weighted by molar-refractivity contribution is -0.131. The topological polar surface area (TPSA) is 59.4 Å². The molecule has 1 aromatic rings. The van der Waals surface area contributed by atoms with Crippen molar-refractivity contribution in [3.05, 3.63) is 35.9 Å². The van der Waals surface area contributed by atoms with Gasteiger partial charge in [-0.25, -0.2) is 8.78 Å². The third kappa shape index (κ3) is 3.44. The van der Waals surface area contributed by atoms with Gasteiger partial charge < -0.3 is 10.2 Å². The van der Waals surface area contributed by atoms with E-state index in [1.54, 1.807) is 0 Å². The fraction of sp³-hybridized carbons (Fsp3) is 0.579. The van der Waals surface area contributed by atoms with E-state index in [1.165, 1.54) is 5.56 Å². The Morgan fingerprint density at radius 2 is 1.96 bits per heavy atom. The Morgan fingerprint density at radius 3 is 2.62 bits per heavy atom. The molecular weight excluding hydrogens is 338 g/mol. The summed E-state index contributed by atoms with van der Waals surface area (Å²) < 4.78 is 26.9. The fourth-order valence-corrected chi connectivity index (χ4v) is 4.39. The standard InChI is InChI=1S/C19H22F2N4O/c20-19(21)6-14(7-22)25(12-19)17(26)8-23-18-15-10-24(11-16(15)18)9-13-4-2-1-3-5-13/h1-5,14-16,18,23H,6,8-12H2/t14-,15?,16?,18?/m0/s1. The molecule has 0 spiro atoms. The molecule has 2 heterocycles. The summed E-state index contributed by atoms with van der Waals surface area (Å²) in [6.07, 6.45) is -0.557. The van der Waals surface area contributed by atoms with Gasteiger partial charge in [-0.2, -0.15) is 5.26 Å². The number of rotatable bonds is 5. The normalized spacial score (nSPS) is 32.3. The number of nitrogens with one attached hydrogen (secondary N) is 1. The second kappa shape index (κ2) is 6.60. The molecule has 3 fully saturated rings. The molecule has 1 saturated carbocycles. The minimum atomic E-state index is -2.95. The van der Waals surface area contributed by atoms with Crippen LogP contribution in [0.1, 0.15) is 12.0 Å². The van der Waals surface area contributed by atoms with Crippen molar-refractivity contribution in [1.29, 1.82) is 5.26 Å². The first kappa shape index (κ1) is 17.4. The highest BCUT2D eigenvalue weighted by Crippen LogP contribution is 2.45. The van der Waals surface area contributed by atoms with Crippen molar-refractivity contribution < 1.29 is 13.6 Å². The van der Waals surface area contributed by atoms with Crippen molar-refractivity contribution in [2.45, 2.75) is 31.0 Å². The Kier molecular flexibility index (Phi) is 4.41. The summed E-state index contributed by atoms with van der Waals surface area (Å²) in [6, 6.07) is 11.4. The smallest absolute Gasteiger partial charge is 0.268 e.